The Bertz CT molecular complexity index is 984. The third-order valence-electron chi connectivity index (χ3n) is 6.58. The van der Waals surface area contributed by atoms with Crippen LogP contribution in [0.2, 0.25) is 0 Å². The lowest BCUT2D eigenvalue weighted by Crippen LogP contribution is -2.21. The summed E-state index contributed by atoms with van der Waals surface area (Å²) in [6, 6.07) is 15.3. The molecule has 2 aliphatic heterocycles. The highest BCUT2D eigenvalue weighted by atomic mass is 16.5. The fraction of sp³-hybridized carbons (Fsp3) is 0.407. The molecule has 0 radical (unpaired) electrons. The van der Waals surface area contributed by atoms with E-state index < -0.39 is 0 Å². The number of rotatable bonds is 3. The van der Waals surface area contributed by atoms with Crippen LogP contribution in [0.15, 0.2) is 61.1 Å². The van der Waals surface area contributed by atoms with E-state index in [1.807, 2.05) is 31.3 Å². The van der Waals surface area contributed by atoms with Gasteiger partial charge in [0.15, 0.2) is 0 Å². The average Bonchev–Trinajstić information content (AvgIpc) is 3.26. The summed E-state index contributed by atoms with van der Waals surface area (Å²) in [6.45, 7) is 7.26. The minimum absolute atomic E-state index is 0.444. The maximum atomic E-state index is 5.74. The van der Waals surface area contributed by atoms with Gasteiger partial charge >= 0.3 is 0 Å². The zero-order chi connectivity index (χ0) is 22.3. The van der Waals surface area contributed by atoms with Crippen molar-refractivity contribution >= 4 is 5.82 Å². The summed E-state index contributed by atoms with van der Waals surface area (Å²) in [6.07, 6.45) is 8.93. The quantitative estimate of drug-likeness (QED) is 0.591. The Morgan fingerprint density at radius 3 is 2.28 bits per heavy atom. The first-order valence-electron chi connectivity index (χ1n) is 11.7. The number of nitrogens with one attached hydrogen (secondary N) is 1. The summed E-state index contributed by atoms with van der Waals surface area (Å²) >= 11 is 0. The van der Waals surface area contributed by atoms with E-state index in [0.29, 0.717) is 23.7 Å². The van der Waals surface area contributed by atoms with E-state index in [2.05, 4.69) is 46.5 Å². The van der Waals surface area contributed by atoms with Gasteiger partial charge in [-0.05, 0) is 97.2 Å². The number of nitrogens with two attached hydrogens (primary N) is 1. The van der Waals surface area contributed by atoms with Gasteiger partial charge in [-0.2, -0.15) is 0 Å². The Balaban J connectivity index is 0.000000300. The normalized spacial score (nSPS) is 21.1. The van der Waals surface area contributed by atoms with Crippen LogP contribution in [0, 0.1) is 12.8 Å². The molecule has 0 saturated carbocycles. The van der Waals surface area contributed by atoms with Crippen molar-refractivity contribution < 1.29 is 4.74 Å². The van der Waals surface area contributed by atoms with E-state index in [4.69, 9.17) is 10.5 Å². The van der Waals surface area contributed by atoms with Gasteiger partial charge < -0.3 is 15.8 Å². The van der Waals surface area contributed by atoms with E-state index in [1.54, 1.807) is 12.4 Å². The molecule has 2 atom stereocenters. The van der Waals surface area contributed by atoms with Gasteiger partial charge in [0.1, 0.15) is 5.82 Å². The second-order valence-corrected chi connectivity index (χ2v) is 8.92. The number of hydrogen-bond acceptors (Lipinski definition) is 5. The van der Waals surface area contributed by atoms with Crippen molar-refractivity contribution in [3.05, 3.63) is 77.7 Å². The molecule has 0 spiro atoms. The molecule has 0 amide bonds. The van der Waals surface area contributed by atoms with Gasteiger partial charge in [0.05, 0.1) is 0 Å². The third-order valence-corrected chi connectivity index (χ3v) is 6.58. The van der Waals surface area contributed by atoms with E-state index in [1.165, 1.54) is 28.7 Å². The van der Waals surface area contributed by atoms with Crippen molar-refractivity contribution in [3.8, 4) is 11.1 Å². The van der Waals surface area contributed by atoms with Crippen molar-refractivity contribution in [1.29, 1.82) is 0 Å². The minimum Gasteiger partial charge on any atom is -0.384 e. The lowest BCUT2D eigenvalue weighted by Gasteiger charge is -2.28. The first-order valence-corrected chi connectivity index (χ1v) is 11.7. The summed E-state index contributed by atoms with van der Waals surface area (Å²) in [5.74, 6) is 1.84. The number of hydrogen-bond donors (Lipinski definition) is 2. The lowest BCUT2D eigenvalue weighted by molar-refractivity contribution is 0.0850. The van der Waals surface area contributed by atoms with Gasteiger partial charge in [-0.3, -0.25) is 4.98 Å². The van der Waals surface area contributed by atoms with Crippen LogP contribution in [0.3, 0.4) is 0 Å². The number of ether oxygens (including phenoxy) is 1. The highest BCUT2D eigenvalue weighted by molar-refractivity contribution is 5.65. The maximum absolute atomic E-state index is 5.74. The minimum atomic E-state index is 0.444. The molecule has 32 heavy (non-hydrogen) atoms. The van der Waals surface area contributed by atoms with Gasteiger partial charge in [0, 0.05) is 43.4 Å². The smallest absolute Gasteiger partial charge is 0.123 e. The molecule has 2 saturated heterocycles. The molecule has 5 nitrogen and oxygen atoms in total. The molecule has 4 heterocycles. The molecule has 0 bridgehead atoms. The molecule has 2 unspecified atom stereocenters. The summed E-state index contributed by atoms with van der Waals surface area (Å²) in [7, 11) is 0. The van der Waals surface area contributed by atoms with Crippen LogP contribution in [-0.4, -0.2) is 29.7 Å². The second-order valence-electron chi connectivity index (χ2n) is 8.92. The van der Waals surface area contributed by atoms with Crippen LogP contribution in [0.5, 0.6) is 0 Å². The summed E-state index contributed by atoms with van der Waals surface area (Å²) in [4.78, 5) is 8.10. The molecule has 5 heteroatoms. The fourth-order valence-corrected chi connectivity index (χ4v) is 4.66. The number of benzene rings is 1. The molecular weight excluding hydrogens is 396 g/mol. The van der Waals surface area contributed by atoms with E-state index in [-0.39, 0.29) is 0 Å². The van der Waals surface area contributed by atoms with Gasteiger partial charge in [-0.1, -0.05) is 19.1 Å². The number of pyridine rings is 2. The van der Waals surface area contributed by atoms with Crippen molar-refractivity contribution in [2.24, 2.45) is 5.92 Å². The number of nitrogens with zero attached hydrogens (tertiary/aromatic N) is 2. The Kier molecular flexibility index (Phi) is 7.51. The van der Waals surface area contributed by atoms with E-state index in [9.17, 15) is 0 Å². The maximum Gasteiger partial charge on any atom is 0.123 e. The number of anilines is 1. The molecular formula is C27H34N4O. The van der Waals surface area contributed by atoms with Crippen LogP contribution in [0.25, 0.3) is 11.1 Å². The lowest BCUT2D eigenvalue weighted by atomic mass is 9.82. The summed E-state index contributed by atoms with van der Waals surface area (Å²) in [5.41, 5.74) is 12.3. The predicted molar refractivity (Wildman–Crippen MR) is 130 cm³/mol. The number of aryl methyl sites for hydroxylation is 1. The Labute approximate surface area is 191 Å². The van der Waals surface area contributed by atoms with E-state index >= 15 is 0 Å². The van der Waals surface area contributed by atoms with Crippen molar-refractivity contribution in [1.82, 2.24) is 15.3 Å². The Morgan fingerprint density at radius 2 is 1.69 bits per heavy atom. The van der Waals surface area contributed by atoms with Gasteiger partial charge in [0.2, 0.25) is 0 Å². The topological polar surface area (TPSA) is 73.1 Å². The first-order chi connectivity index (χ1) is 15.6. The molecule has 3 aromatic rings. The van der Waals surface area contributed by atoms with E-state index in [0.717, 1.165) is 38.2 Å². The van der Waals surface area contributed by atoms with Gasteiger partial charge in [-0.15, -0.1) is 0 Å². The van der Waals surface area contributed by atoms with Crippen LogP contribution >= 0.6 is 0 Å². The predicted octanol–water partition coefficient (Wildman–Crippen LogP) is 5.29. The Hall–Kier alpha value is -2.76. The first kappa shape index (κ1) is 22.4. The molecule has 2 fully saturated rings. The monoisotopic (exact) mass is 430 g/mol. The molecule has 1 aromatic carbocycles. The highest BCUT2D eigenvalue weighted by Gasteiger charge is 2.29. The van der Waals surface area contributed by atoms with Crippen molar-refractivity contribution in [2.45, 2.75) is 45.1 Å². The molecule has 0 aliphatic carbocycles. The zero-order valence-electron chi connectivity index (χ0n) is 19.1. The van der Waals surface area contributed by atoms with Gasteiger partial charge in [-0.25, -0.2) is 4.98 Å². The standard InChI is InChI=1S/C21H27N3O.C6H7N/c1-14-6-9-23-21(14)19-12-16(17-3-5-20(22)24-13-17)2-4-18(19)15-7-10-25-11-8-15;1-6-2-4-7-5-3-6/h2-5,12-15,21,23H,6-11H2,1H3,(H2,22,24);2-5H,1H3. The average molecular weight is 431 g/mol. The number of nitrogen functional groups attached to an aromatic ring is 1. The highest BCUT2D eigenvalue weighted by Crippen LogP contribution is 2.39. The zero-order valence-corrected chi connectivity index (χ0v) is 19.1. The molecule has 2 aromatic heterocycles. The SMILES string of the molecule is CC1CCNC1c1cc(-c2ccc(N)nc2)ccc1C1CCOCC1.Cc1ccncc1. The Morgan fingerprint density at radius 1 is 0.938 bits per heavy atom. The van der Waals surface area contributed by atoms with Crippen LogP contribution in [-0.2, 0) is 4.74 Å². The largest absolute Gasteiger partial charge is 0.384 e. The van der Waals surface area contributed by atoms with Crippen LogP contribution in [0.1, 0.15) is 54.8 Å². The van der Waals surface area contributed by atoms with Crippen LogP contribution in [0.4, 0.5) is 5.82 Å². The second kappa shape index (κ2) is 10.7. The fourth-order valence-electron chi connectivity index (χ4n) is 4.66. The van der Waals surface area contributed by atoms with Crippen LogP contribution < -0.4 is 11.1 Å². The third kappa shape index (κ3) is 5.53. The molecule has 5 rings (SSSR count). The van der Waals surface area contributed by atoms with Crippen molar-refractivity contribution in [2.75, 3.05) is 25.5 Å². The molecule has 3 N–H and O–H groups in total. The molecule has 2 aliphatic rings. The van der Waals surface area contributed by atoms with Gasteiger partial charge in [0.25, 0.3) is 0 Å². The molecule has 168 valence electrons. The van der Waals surface area contributed by atoms with Crippen molar-refractivity contribution in [3.63, 3.8) is 0 Å². The summed E-state index contributed by atoms with van der Waals surface area (Å²) in [5, 5.41) is 3.72. The number of aromatic nitrogens is 2. The summed E-state index contributed by atoms with van der Waals surface area (Å²) < 4.78 is 5.58.